The van der Waals surface area contributed by atoms with Gasteiger partial charge in [-0.2, -0.15) is 0 Å². The second-order valence-corrected chi connectivity index (χ2v) is 6.13. The smallest absolute Gasteiger partial charge is 0.243 e. The fraction of sp³-hybridized carbons (Fsp3) is 0.562. The van der Waals surface area contributed by atoms with Gasteiger partial charge >= 0.3 is 0 Å². The van der Waals surface area contributed by atoms with Crippen molar-refractivity contribution in [1.29, 1.82) is 0 Å². The van der Waals surface area contributed by atoms with Crippen molar-refractivity contribution in [2.24, 2.45) is 5.73 Å². The molecule has 1 heterocycles. The molecule has 0 atom stereocenters. The topological polar surface area (TPSA) is 58.4 Å². The number of carbonyl (C=O) groups excluding carboxylic acids is 1. The van der Waals surface area contributed by atoms with Gasteiger partial charge < -0.3 is 16.0 Å². The molecule has 0 aromatic heterocycles. The van der Waals surface area contributed by atoms with E-state index >= 15 is 0 Å². The van der Waals surface area contributed by atoms with Crippen molar-refractivity contribution < 1.29 is 4.79 Å². The Morgan fingerprint density at radius 3 is 2.30 bits per heavy atom. The standard InChI is InChI=1S/C16H23N3O/c1-18-14-6-8-19(9-7-14)15(20)16(17)10-12-4-2-3-5-13(12)11-16/h2-5,14,18H,6-11,17H2,1H3. The zero-order valence-corrected chi connectivity index (χ0v) is 12.1. The van der Waals surface area contributed by atoms with Crippen LogP contribution in [0.2, 0.25) is 0 Å². The lowest BCUT2D eigenvalue weighted by atomic mass is 9.93. The summed E-state index contributed by atoms with van der Waals surface area (Å²) in [5.74, 6) is 0.128. The third-order valence-electron chi connectivity index (χ3n) is 4.75. The van der Waals surface area contributed by atoms with Gasteiger partial charge in [0, 0.05) is 19.1 Å². The molecule has 108 valence electrons. The SMILES string of the molecule is CNC1CCN(C(=O)C2(N)Cc3ccccc3C2)CC1. The van der Waals surface area contributed by atoms with Crippen LogP contribution in [0.15, 0.2) is 24.3 Å². The Morgan fingerprint density at radius 1 is 1.25 bits per heavy atom. The van der Waals surface area contributed by atoms with Crippen molar-refractivity contribution in [3.05, 3.63) is 35.4 Å². The van der Waals surface area contributed by atoms with E-state index in [2.05, 4.69) is 17.4 Å². The maximum absolute atomic E-state index is 12.8. The van der Waals surface area contributed by atoms with Gasteiger partial charge in [0.05, 0.1) is 0 Å². The summed E-state index contributed by atoms with van der Waals surface area (Å²) in [4.78, 5) is 14.7. The molecule has 1 aliphatic carbocycles. The number of hydrogen-bond acceptors (Lipinski definition) is 3. The molecule has 1 aromatic rings. The first kappa shape index (κ1) is 13.6. The number of nitrogens with two attached hydrogens (primary N) is 1. The minimum absolute atomic E-state index is 0.128. The Labute approximate surface area is 120 Å². The highest BCUT2D eigenvalue weighted by Crippen LogP contribution is 2.30. The molecule has 1 aromatic carbocycles. The molecule has 0 radical (unpaired) electrons. The molecule has 1 saturated heterocycles. The first-order chi connectivity index (χ1) is 9.62. The second kappa shape index (κ2) is 5.19. The van der Waals surface area contributed by atoms with Gasteiger partial charge in [0.25, 0.3) is 0 Å². The number of likely N-dealkylation sites (tertiary alicyclic amines) is 1. The fourth-order valence-corrected chi connectivity index (χ4v) is 3.48. The Kier molecular flexibility index (Phi) is 3.52. The zero-order valence-electron chi connectivity index (χ0n) is 12.1. The molecule has 20 heavy (non-hydrogen) atoms. The van der Waals surface area contributed by atoms with E-state index in [0.29, 0.717) is 18.9 Å². The summed E-state index contributed by atoms with van der Waals surface area (Å²) in [6.45, 7) is 1.64. The average Bonchev–Trinajstić information content (AvgIpc) is 2.84. The van der Waals surface area contributed by atoms with Crippen LogP contribution in [0.25, 0.3) is 0 Å². The van der Waals surface area contributed by atoms with Gasteiger partial charge in [0.2, 0.25) is 5.91 Å². The predicted octanol–water partition coefficient (Wildman–Crippen LogP) is 0.693. The minimum atomic E-state index is -0.726. The van der Waals surface area contributed by atoms with E-state index in [1.165, 1.54) is 11.1 Å². The number of rotatable bonds is 2. The van der Waals surface area contributed by atoms with Crippen molar-refractivity contribution in [3.63, 3.8) is 0 Å². The number of amides is 1. The summed E-state index contributed by atoms with van der Waals surface area (Å²) in [5, 5.41) is 3.29. The van der Waals surface area contributed by atoms with E-state index in [1.54, 1.807) is 0 Å². The number of nitrogens with one attached hydrogen (secondary N) is 1. The second-order valence-electron chi connectivity index (χ2n) is 6.13. The van der Waals surface area contributed by atoms with E-state index in [0.717, 1.165) is 25.9 Å². The number of benzene rings is 1. The summed E-state index contributed by atoms with van der Waals surface area (Å²) >= 11 is 0. The van der Waals surface area contributed by atoms with Gasteiger partial charge in [0.1, 0.15) is 5.54 Å². The molecule has 0 saturated carbocycles. The number of fused-ring (bicyclic) bond motifs is 1. The Balaban J connectivity index is 1.70. The molecule has 1 amide bonds. The van der Waals surface area contributed by atoms with Crippen LogP contribution in [0.4, 0.5) is 0 Å². The third kappa shape index (κ3) is 2.34. The molecule has 3 rings (SSSR count). The van der Waals surface area contributed by atoms with Crippen molar-refractivity contribution in [2.45, 2.75) is 37.3 Å². The third-order valence-corrected chi connectivity index (χ3v) is 4.75. The van der Waals surface area contributed by atoms with E-state index < -0.39 is 5.54 Å². The normalized spacial score (nSPS) is 21.8. The number of carbonyl (C=O) groups is 1. The number of piperidine rings is 1. The Hall–Kier alpha value is -1.39. The lowest BCUT2D eigenvalue weighted by Gasteiger charge is -2.36. The first-order valence-corrected chi connectivity index (χ1v) is 7.45. The van der Waals surface area contributed by atoms with Gasteiger partial charge in [0.15, 0.2) is 0 Å². The summed E-state index contributed by atoms with van der Waals surface area (Å²) in [6.07, 6.45) is 3.39. The summed E-state index contributed by atoms with van der Waals surface area (Å²) < 4.78 is 0. The van der Waals surface area contributed by atoms with Crippen LogP contribution in [0, 0.1) is 0 Å². The van der Waals surface area contributed by atoms with Gasteiger partial charge in [-0.05, 0) is 43.9 Å². The molecule has 3 N–H and O–H groups in total. The molecular weight excluding hydrogens is 250 g/mol. The number of hydrogen-bond donors (Lipinski definition) is 2. The first-order valence-electron chi connectivity index (χ1n) is 7.45. The van der Waals surface area contributed by atoms with Crippen LogP contribution in [-0.4, -0.2) is 42.5 Å². The largest absolute Gasteiger partial charge is 0.341 e. The van der Waals surface area contributed by atoms with Crippen molar-refractivity contribution in [3.8, 4) is 0 Å². The molecule has 4 heteroatoms. The Morgan fingerprint density at radius 2 is 1.80 bits per heavy atom. The summed E-state index contributed by atoms with van der Waals surface area (Å²) in [5.41, 5.74) is 8.18. The van der Waals surface area contributed by atoms with Crippen LogP contribution >= 0.6 is 0 Å². The van der Waals surface area contributed by atoms with Crippen LogP contribution in [0.5, 0.6) is 0 Å². The minimum Gasteiger partial charge on any atom is -0.341 e. The van der Waals surface area contributed by atoms with Gasteiger partial charge in [-0.25, -0.2) is 0 Å². The van der Waals surface area contributed by atoms with Crippen molar-refractivity contribution in [1.82, 2.24) is 10.2 Å². The molecule has 0 unspecified atom stereocenters. The van der Waals surface area contributed by atoms with E-state index in [9.17, 15) is 4.79 Å². The van der Waals surface area contributed by atoms with Crippen LogP contribution in [0.1, 0.15) is 24.0 Å². The maximum atomic E-state index is 12.8. The van der Waals surface area contributed by atoms with Crippen LogP contribution in [-0.2, 0) is 17.6 Å². The highest BCUT2D eigenvalue weighted by molar-refractivity contribution is 5.88. The van der Waals surface area contributed by atoms with Crippen molar-refractivity contribution >= 4 is 5.91 Å². The molecule has 0 bridgehead atoms. The summed E-state index contributed by atoms with van der Waals surface area (Å²) in [6, 6.07) is 8.75. The van der Waals surface area contributed by atoms with E-state index in [1.807, 2.05) is 24.1 Å². The van der Waals surface area contributed by atoms with Gasteiger partial charge in [-0.3, -0.25) is 4.79 Å². The quantitative estimate of drug-likeness (QED) is 0.833. The van der Waals surface area contributed by atoms with E-state index in [-0.39, 0.29) is 5.91 Å². The fourth-order valence-electron chi connectivity index (χ4n) is 3.48. The number of nitrogens with zero attached hydrogens (tertiary/aromatic N) is 1. The molecule has 1 aliphatic heterocycles. The lowest BCUT2D eigenvalue weighted by Crippen LogP contribution is -2.58. The monoisotopic (exact) mass is 273 g/mol. The van der Waals surface area contributed by atoms with Crippen molar-refractivity contribution in [2.75, 3.05) is 20.1 Å². The molecule has 1 fully saturated rings. The molecule has 2 aliphatic rings. The highest BCUT2D eigenvalue weighted by atomic mass is 16.2. The maximum Gasteiger partial charge on any atom is 0.243 e. The average molecular weight is 273 g/mol. The molecule has 0 spiro atoms. The molecule has 4 nitrogen and oxygen atoms in total. The zero-order chi connectivity index (χ0) is 14.2. The van der Waals surface area contributed by atoms with E-state index in [4.69, 9.17) is 5.73 Å². The Bertz CT molecular complexity index is 481. The van der Waals surface area contributed by atoms with Crippen LogP contribution in [0.3, 0.4) is 0 Å². The van der Waals surface area contributed by atoms with Crippen LogP contribution < -0.4 is 11.1 Å². The predicted molar refractivity (Wildman–Crippen MR) is 79.4 cm³/mol. The molecular formula is C16H23N3O. The highest BCUT2D eigenvalue weighted by Gasteiger charge is 2.43. The summed E-state index contributed by atoms with van der Waals surface area (Å²) in [7, 11) is 1.99. The van der Waals surface area contributed by atoms with Gasteiger partial charge in [-0.1, -0.05) is 24.3 Å². The lowest BCUT2D eigenvalue weighted by molar-refractivity contribution is -0.137. The van der Waals surface area contributed by atoms with Gasteiger partial charge in [-0.15, -0.1) is 0 Å².